The normalized spacial score (nSPS) is 4.80. The molecule has 10 heavy (non-hydrogen) atoms. The van der Waals surface area contributed by atoms with Gasteiger partial charge in [0.1, 0.15) is 0 Å². The van der Waals surface area contributed by atoms with Gasteiger partial charge in [-0.2, -0.15) is 0 Å². The van der Waals surface area contributed by atoms with Gasteiger partial charge in [0.15, 0.2) is 0 Å². The van der Waals surface area contributed by atoms with E-state index in [9.17, 15) is 0 Å². The molecular weight excluding hydrogens is 207 g/mol. The van der Waals surface area contributed by atoms with Crippen LogP contribution in [0.3, 0.4) is 0 Å². The van der Waals surface area contributed by atoms with Gasteiger partial charge in [0.2, 0.25) is 0 Å². The molecule has 0 atom stereocenters. The van der Waals surface area contributed by atoms with Gasteiger partial charge in [-0.1, -0.05) is 0 Å². The summed E-state index contributed by atoms with van der Waals surface area (Å²) in [4.78, 5) is 16.7. The van der Waals surface area contributed by atoms with Crippen LogP contribution in [-0.4, -0.2) is 12.3 Å². The van der Waals surface area contributed by atoms with Gasteiger partial charge in [-0.15, -0.1) is 0 Å². The average Bonchev–Trinajstić information content (AvgIpc) is 1.25. The Morgan fingerprint density at radius 2 is 0.800 bits per heavy atom. The van der Waals surface area contributed by atoms with E-state index in [-0.39, 0.29) is 30.6 Å². The third-order valence-electron chi connectivity index (χ3n) is 0. The van der Waals surface area contributed by atoms with E-state index < -0.39 is 12.3 Å². The number of carboxylic acid groups (broad SMARTS) is 4. The van der Waals surface area contributed by atoms with Crippen LogP contribution in [0.1, 0.15) is 0 Å². The number of hydrogen-bond acceptors (Lipinski definition) is 6. The summed E-state index contributed by atoms with van der Waals surface area (Å²) >= 11 is 0. The van der Waals surface area contributed by atoms with Gasteiger partial charge >= 0.3 is 17.1 Å². The third kappa shape index (κ3) is 873. The molecular formula is C2H4MnO6S. The molecule has 0 aliphatic heterocycles. The van der Waals surface area contributed by atoms with Crippen molar-refractivity contribution in [3.8, 4) is 0 Å². The second-order valence-electron chi connectivity index (χ2n) is 0.500. The van der Waals surface area contributed by atoms with E-state index in [2.05, 4.69) is 0 Å². The molecule has 0 spiro atoms. The Bertz CT molecular complexity index is 73.7. The Labute approximate surface area is 73.4 Å². The Balaban J connectivity index is -0.0000000300. The summed E-state index contributed by atoms with van der Waals surface area (Å²) in [6.07, 6.45) is -4.67. The van der Waals surface area contributed by atoms with Gasteiger partial charge in [0, 0.05) is 0 Å². The van der Waals surface area contributed by atoms with Gasteiger partial charge in [0.25, 0.3) is 0 Å². The zero-order valence-electron chi connectivity index (χ0n) is 4.53. The smallest absolute Gasteiger partial charge is 0.652 e. The van der Waals surface area contributed by atoms with Crippen LogP contribution >= 0.6 is 0 Å². The largest absolute Gasteiger partial charge is 2.00 e. The quantitative estimate of drug-likeness (QED) is 0.367. The first-order chi connectivity index (χ1) is 3.46. The van der Waals surface area contributed by atoms with Crippen molar-refractivity contribution in [1.82, 2.24) is 0 Å². The molecule has 0 rings (SSSR count). The summed E-state index contributed by atoms with van der Waals surface area (Å²) in [7, 11) is 0. The summed E-state index contributed by atoms with van der Waals surface area (Å²) in [6, 6.07) is 0. The molecule has 0 heterocycles. The van der Waals surface area contributed by atoms with Crippen molar-refractivity contribution in [3.05, 3.63) is 0 Å². The minimum absolute atomic E-state index is 0. The maximum atomic E-state index is 8.33. The van der Waals surface area contributed by atoms with Crippen molar-refractivity contribution in [3.63, 3.8) is 0 Å². The topological polar surface area (TPSA) is 126 Å². The molecule has 0 unspecified atom stereocenters. The van der Waals surface area contributed by atoms with Crippen LogP contribution in [0.4, 0.5) is 9.59 Å². The molecule has 0 aliphatic rings. The van der Waals surface area contributed by atoms with E-state index in [4.69, 9.17) is 30.0 Å². The van der Waals surface area contributed by atoms with Crippen LogP contribution < -0.4 is 20.4 Å². The van der Waals surface area contributed by atoms with Crippen LogP contribution in [0.2, 0.25) is 0 Å². The van der Waals surface area contributed by atoms with E-state index in [0.717, 1.165) is 0 Å². The molecule has 0 saturated carbocycles. The van der Waals surface area contributed by atoms with E-state index in [1.807, 2.05) is 0 Å². The molecule has 0 fully saturated rings. The van der Waals surface area contributed by atoms with Gasteiger partial charge in [-0.05, 0) is 12.3 Å². The van der Waals surface area contributed by atoms with Crippen LogP contribution in [0, 0.1) is 0 Å². The van der Waals surface area contributed by atoms with Crippen molar-refractivity contribution in [2.75, 3.05) is 0 Å². The molecule has 6 nitrogen and oxygen atoms in total. The predicted molar refractivity (Wildman–Crippen MR) is 23.7 cm³/mol. The third-order valence-corrected chi connectivity index (χ3v) is 0. The van der Waals surface area contributed by atoms with E-state index in [1.165, 1.54) is 0 Å². The minimum Gasteiger partial charge on any atom is -0.652 e. The SMILES string of the molecule is O=C([O-])[O-].O=C([O-])[O-].[Mn+2].[SH4+2]. The second-order valence-corrected chi connectivity index (χ2v) is 0.500. The molecule has 0 aliphatic carbocycles. The van der Waals surface area contributed by atoms with Crippen molar-refractivity contribution in [1.29, 1.82) is 0 Å². The fourth-order valence-electron chi connectivity index (χ4n) is 0. The molecule has 0 amide bonds. The summed E-state index contributed by atoms with van der Waals surface area (Å²) in [5.74, 6) is 0. The van der Waals surface area contributed by atoms with E-state index in [0.29, 0.717) is 0 Å². The van der Waals surface area contributed by atoms with Crippen LogP contribution in [0.5, 0.6) is 0 Å². The van der Waals surface area contributed by atoms with E-state index >= 15 is 0 Å². The molecule has 0 aromatic rings. The number of carbonyl (C=O) groups is 2. The predicted octanol–water partition coefficient (Wildman–Crippen LogP) is -5.97. The maximum absolute atomic E-state index is 8.33. The molecule has 0 aromatic carbocycles. The zero-order valence-corrected chi connectivity index (χ0v) is 7.13. The van der Waals surface area contributed by atoms with Crippen LogP contribution in [-0.2, 0) is 30.6 Å². The first-order valence-electron chi connectivity index (χ1n) is 1.22. The van der Waals surface area contributed by atoms with Crippen molar-refractivity contribution in [2.45, 2.75) is 0 Å². The van der Waals surface area contributed by atoms with Crippen molar-refractivity contribution in [2.24, 2.45) is 0 Å². The Morgan fingerprint density at radius 3 is 0.800 bits per heavy atom. The summed E-state index contributed by atoms with van der Waals surface area (Å²) < 4.78 is 0. The molecule has 1 radical (unpaired) electrons. The number of rotatable bonds is 0. The Kier molecular flexibility index (Phi) is 35.9. The monoisotopic (exact) mass is 211 g/mol. The minimum atomic E-state index is -2.33. The first kappa shape index (κ1) is 22.7. The molecule has 0 aromatic heterocycles. The van der Waals surface area contributed by atoms with Crippen LogP contribution in [0.25, 0.3) is 0 Å². The van der Waals surface area contributed by atoms with Crippen molar-refractivity contribution < 1.29 is 47.1 Å². The fourth-order valence-corrected chi connectivity index (χ4v) is 0. The van der Waals surface area contributed by atoms with Crippen LogP contribution in [0.15, 0.2) is 0 Å². The van der Waals surface area contributed by atoms with Gasteiger partial charge in [-0.3, -0.25) is 0 Å². The van der Waals surface area contributed by atoms with Crippen molar-refractivity contribution >= 4 is 25.8 Å². The Morgan fingerprint density at radius 1 is 0.800 bits per heavy atom. The fraction of sp³-hybridized carbons (Fsp3) is 0. The zero-order chi connectivity index (χ0) is 7.15. The standard InChI is InChI=1S/2CH2O3.Mn.H4S/c2*2-1(3)4;;/h2*(H2,2,3,4);;1H4/q;;2*+2/p-4. The summed E-state index contributed by atoms with van der Waals surface area (Å²) in [5.41, 5.74) is 0. The molecule has 0 bridgehead atoms. The maximum Gasteiger partial charge on any atom is 2.00 e. The van der Waals surface area contributed by atoms with Gasteiger partial charge in [-0.25, -0.2) is 13.5 Å². The Hall–Kier alpha value is -0.591. The van der Waals surface area contributed by atoms with Gasteiger partial charge < -0.3 is 30.0 Å². The average molecular weight is 211 g/mol. The van der Waals surface area contributed by atoms with E-state index in [1.54, 1.807) is 0 Å². The van der Waals surface area contributed by atoms with Gasteiger partial charge in [0.05, 0.1) is 0 Å². The molecule has 0 saturated heterocycles. The molecule has 8 heteroatoms. The number of hydrogen-bond donors (Lipinski definition) is 0. The second kappa shape index (κ2) is 15.8. The summed E-state index contributed by atoms with van der Waals surface area (Å²) in [5, 5.41) is 33.3. The summed E-state index contributed by atoms with van der Waals surface area (Å²) in [6.45, 7) is 0. The number of carbonyl (C=O) groups excluding carboxylic acids is 2. The molecule has 0 N–H and O–H groups in total. The first-order valence-corrected chi connectivity index (χ1v) is 1.22. The molecule has 61 valence electrons.